The zero-order chi connectivity index (χ0) is 9.00. The van der Waals surface area contributed by atoms with Crippen LogP contribution in [0.5, 0.6) is 0 Å². The Morgan fingerprint density at radius 2 is 0.667 bits per heavy atom. The smallest absolute Gasteiger partial charge is 0.822 e. The fraction of sp³-hybridized carbons (Fsp3) is 0. The molecular weight excluding hydrogens is 418 g/mol. The first-order valence-corrected chi connectivity index (χ1v) is 4.38. The van der Waals surface area contributed by atoms with E-state index in [-0.39, 0.29) is 68.3 Å². The standard InChI is InChI=1S/La.2H3O4P.Y/c;2*1-5(2,3)4;/h;2*(H3,1,2,3,4);/q+3;;;+3/p-6. The summed E-state index contributed by atoms with van der Waals surface area (Å²) < 4.78 is 17.1. The van der Waals surface area contributed by atoms with Crippen molar-refractivity contribution in [3.63, 3.8) is 0 Å². The van der Waals surface area contributed by atoms with E-state index in [1.165, 1.54) is 0 Å². The van der Waals surface area contributed by atoms with E-state index in [0.717, 1.165) is 0 Å². The summed E-state index contributed by atoms with van der Waals surface area (Å²) in [6, 6.07) is 0. The maximum atomic E-state index is 8.55. The molecule has 0 spiro atoms. The van der Waals surface area contributed by atoms with Crippen LogP contribution in [0, 0.1) is 35.6 Å². The molecule has 0 atom stereocenters. The molecule has 0 aliphatic carbocycles. The van der Waals surface area contributed by atoms with E-state index in [2.05, 4.69) is 0 Å². The summed E-state index contributed by atoms with van der Waals surface area (Å²) in [5.41, 5.74) is 0. The number of hydrogen-bond acceptors (Lipinski definition) is 8. The average molecular weight is 418 g/mol. The summed E-state index contributed by atoms with van der Waals surface area (Å²) in [4.78, 5) is 51.3. The molecule has 8 nitrogen and oxygen atoms in total. The van der Waals surface area contributed by atoms with Gasteiger partial charge < -0.3 is 38.5 Å². The summed E-state index contributed by atoms with van der Waals surface area (Å²) in [7, 11) is -10.8. The van der Waals surface area contributed by atoms with Gasteiger partial charge in [0, 0.05) is 0 Å². The molecule has 0 rings (SSSR count). The van der Waals surface area contributed by atoms with E-state index < -0.39 is 15.6 Å². The second-order valence-corrected chi connectivity index (χ2v) is 2.68. The van der Waals surface area contributed by atoms with Crippen LogP contribution in [0.4, 0.5) is 0 Å². The zero-order valence-corrected chi connectivity index (χ0v) is 13.6. The number of phosphoric acid groups is 2. The molecule has 0 saturated heterocycles. The van der Waals surface area contributed by atoms with Gasteiger partial charge in [0.15, 0.2) is 0 Å². The minimum Gasteiger partial charge on any atom is -0.822 e. The third-order valence-corrected chi connectivity index (χ3v) is 0. The van der Waals surface area contributed by atoms with Crippen LogP contribution in [0.1, 0.15) is 0 Å². The zero-order valence-electron chi connectivity index (χ0n) is 5.32. The number of rotatable bonds is 0. The van der Waals surface area contributed by atoms with Gasteiger partial charge in [0.1, 0.15) is 0 Å². The molecule has 12 heavy (non-hydrogen) atoms. The van der Waals surface area contributed by atoms with Crippen molar-refractivity contribution in [3.8, 4) is 0 Å². The predicted octanol–water partition coefficient (Wildman–Crippen LogP) is -5.65. The van der Waals surface area contributed by atoms with Crippen LogP contribution in [0.2, 0.25) is 0 Å². The van der Waals surface area contributed by atoms with Crippen LogP contribution in [0.15, 0.2) is 0 Å². The molecule has 0 aliphatic heterocycles. The van der Waals surface area contributed by atoms with Gasteiger partial charge in [-0.25, -0.2) is 0 Å². The third kappa shape index (κ3) is 262. The molecule has 0 heterocycles. The summed E-state index contributed by atoms with van der Waals surface area (Å²) in [5, 5.41) is 0. The third-order valence-electron chi connectivity index (χ3n) is 0. The topological polar surface area (TPSA) is 172 Å². The fourth-order valence-electron chi connectivity index (χ4n) is 0. The molecule has 0 radical (unpaired) electrons. The first-order chi connectivity index (χ1) is 4.00. The molecular formula is LaO8P2Y. The SMILES string of the molecule is O=P([O-])([O-])[O-].O=P([O-])([O-])[O-].[La+3].[Y+3]. The molecule has 0 aliphatic rings. The Balaban J connectivity index is -0.0000000457. The van der Waals surface area contributed by atoms with E-state index in [0.29, 0.717) is 0 Å². The first kappa shape index (κ1) is 24.0. The molecule has 0 unspecified atom stereocenters. The molecule has 0 amide bonds. The molecule has 0 saturated carbocycles. The van der Waals surface area contributed by atoms with E-state index >= 15 is 0 Å². The van der Waals surface area contributed by atoms with E-state index in [1.54, 1.807) is 0 Å². The van der Waals surface area contributed by atoms with Gasteiger partial charge in [0.2, 0.25) is 0 Å². The molecule has 0 bridgehead atoms. The Morgan fingerprint density at radius 1 is 0.667 bits per heavy atom. The van der Waals surface area contributed by atoms with Crippen molar-refractivity contribution in [1.29, 1.82) is 0 Å². The first-order valence-electron chi connectivity index (χ1n) is 1.46. The molecule has 0 N–H and O–H groups in total. The van der Waals surface area contributed by atoms with E-state index in [9.17, 15) is 0 Å². The van der Waals surface area contributed by atoms with Crippen LogP contribution in [-0.2, 0) is 41.8 Å². The Bertz CT molecular complexity index is 129. The van der Waals surface area contributed by atoms with Crippen LogP contribution < -0.4 is 29.4 Å². The second-order valence-electron chi connectivity index (χ2n) is 0.894. The van der Waals surface area contributed by atoms with Crippen molar-refractivity contribution in [2.24, 2.45) is 0 Å². The van der Waals surface area contributed by atoms with Crippen molar-refractivity contribution in [2.75, 3.05) is 0 Å². The van der Waals surface area contributed by atoms with Gasteiger partial charge in [-0.2, -0.15) is 15.6 Å². The fourth-order valence-corrected chi connectivity index (χ4v) is 0. The quantitative estimate of drug-likeness (QED) is 0.350. The predicted molar refractivity (Wildman–Crippen MR) is 15.2 cm³/mol. The van der Waals surface area contributed by atoms with Gasteiger partial charge in [0.25, 0.3) is 0 Å². The molecule has 64 valence electrons. The van der Waals surface area contributed by atoms with Crippen LogP contribution in [0.25, 0.3) is 0 Å². The summed E-state index contributed by atoms with van der Waals surface area (Å²) in [5.74, 6) is 0. The van der Waals surface area contributed by atoms with Crippen LogP contribution in [0.3, 0.4) is 0 Å². The molecule has 0 aromatic carbocycles. The van der Waals surface area contributed by atoms with Gasteiger partial charge in [-0.3, -0.25) is 0 Å². The maximum absolute atomic E-state index is 8.55. The van der Waals surface area contributed by atoms with E-state index in [1.807, 2.05) is 0 Å². The van der Waals surface area contributed by atoms with Gasteiger partial charge in [-0.05, 0) is 0 Å². The normalized spacial score (nSPS) is 9.83. The van der Waals surface area contributed by atoms with Gasteiger partial charge in [0.05, 0.1) is 0 Å². The minimum absolute atomic E-state index is 0. The summed E-state index contributed by atoms with van der Waals surface area (Å²) in [6.07, 6.45) is 0. The van der Waals surface area contributed by atoms with Crippen LogP contribution in [-0.4, -0.2) is 0 Å². The van der Waals surface area contributed by atoms with Crippen molar-refractivity contribution >= 4 is 15.6 Å². The number of hydrogen-bond donors (Lipinski definition) is 0. The Morgan fingerprint density at radius 3 is 0.667 bits per heavy atom. The second kappa shape index (κ2) is 10.1. The monoisotopic (exact) mass is 418 g/mol. The molecule has 0 aromatic heterocycles. The van der Waals surface area contributed by atoms with Gasteiger partial charge in [-0.1, -0.05) is 0 Å². The Hall–Kier alpha value is 2.52. The molecule has 0 aromatic rings. The molecule has 0 fully saturated rings. The minimum atomic E-state index is -5.39. The van der Waals surface area contributed by atoms with Crippen molar-refractivity contribution in [1.82, 2.24) is 0 Å². The maximum Gasteiger partial charge on any atom is 3.00 e. The largest absolute Gasteiger partial charge is 3.00 e. The van der Waals surface area contributed by atoms with E-state index in [4.69, 9.17) is 38.5 Å². The van der Waals surface area contributed by atoms with Crippen molar-refractivity contribution in [2.45, 2.75) is 0 Å². The van der Waals surface area contributed by atoms with Gasteiger partial charge in [-0.15, -0.1) is 0 Å². The Labute approximate surface area is 121 Å². The summed E-state index contributed by atoms with van der Waals surface area (Å²) >= 11 is 0. The summed E-state index contributed by atoms with van der Waals surface area (Å²) in [6.45, 7) is 0. The van der Waals surface area contributed by atoms with Crippen molar-refractivity contribution in [3.05, 3.63) is 0 Å². The van der Waals surface area contributed by atoms with Crippen LogP contribution >= 0.6 is 15.6 Å². The average Bonchev–Trinajstić information content (AvgIpc) is 1.12. The van der Waals surface area contributed by atoms with Gasteiger partial charge >= 0.3 is 68.3 Å². The van der Waals surface area contributed by atoms with Crippen molar-refractivity contribution < 1.29 is 107 Å². The Kier molecular flexibility index (Phi) is 20.1. The molecule has 12 heteroatoms.